The van der Waals surface area contributed by atoms with Gasteiger partial charge in [0, 0.05) is 0 Å². The minimum absolute atomic E-state index is 0.0310. The van der Waals surface area contributed by atoms with E-state index >= 15 is 0 Å². The van der Waals surface area contributed by atoms with E-state index in [2.05, 4.69) is 21.2 Å². The normalized spacial score (nSPS) is 15.9. The van der Waals surface area contributed by atoms with Crippen LogP contribution in [0.25, 0.3) is 6.08 Å². The summed E-state index contributed by atoms with van der Waals surface area (Å²) in [5, 5.41) is 21.3. The fourth-order valence-corrected chi connectivity index (χ4v) is 2.95. The second-order valence-electron chi connectivity index (χ2n) is 5.53. The van der Waals surface area contributed by atoms with Crippen LogP contribution in [0.15, 0.2) is 46.4 Å². The smallest absolute Gasteiger partial charge is 0.335 e. The van der Waals surface area contributed by atoms with Gasteiger partial charge in [0.1, 0.15) is 11.3 Å². The molecule has 3 rings (SSSR count). The Morgan fingerprint density at radius 3 is 2.41 bits per heavy atom. The predicted molar refractivity (Wildman–Crippen MR) is 99.5 cm³/mol. The first kappa shape index (κ1) is 18.5. The van der Waals surface area contributed by atoms with Gasteiger partial charge in [-0.25, -0.2) is 9.69 Å². The maximum atomic E-state index is 12.8. The topological polar surface area (TPSA) is 116 Å². The van der Waals surface area contributed by atoms with Gasteiger partial charge in [0.25, 0.3) is 11.8 Å². The third-order valence-electron chi connectivity index (χ3n) is 3.79. The van der Waals surface area contributed by atoms with Crippen molar-refractivity contribution in [3.8, 4) is 17.2 Å². The van der Waals surface area contributed by atoms with Gasteiger partial charge in [0.05, 0.1) is 17.3 Å². The van der Waals surface area contributed by atoms with Crippen LogP contribution in [0.5, 0.6) is 17.2 Å². The number of carbonyl (C=O) groups is 3. The molecule has 1 fully saturated rings. The number of urea groups is 1. The maximum absolute atomic E-state index is 12.8. The molecule has 2 aromatic rings. The lowest BCUT2D eigenvalue weighted by atomic mass is 10.1. The molecule has 0 aliphatic carbocycles. The Labute approximate surface area is 161 Å². The van der Waals surface area contributed by atoms with Gasteiger partial charge in [-0.15, -0.1) is 0 Å². The van der Waals surface area contributed by atoms with Gasteiger partial charge in [-0.3, -0.25) is 14.9 Å². The number of aromatic hydroxyl groups is 2. The molecule has 8 nitrogen and oxygen atoms in total. The molecule has 0 bridgehead atoms. The Hall–Kier alpha value is -3.33. The van der Waals surface area contributed by atoms with Crippen molar-refractivity contribution in [3.63, 3.8) is 0 Å². The lowest BCUT2D eigenvalue weighted by Crippen LogP contribution is -2.54. The highest BCUT2D eigenvalue weighted by Crippen LogP contribution is 2.36. The zero-order valence-electron chi connectivity index (χ0n) is 13.9. The number of hydrogen-bond acceptors (Lipinski definition) is 6. The van der Waals surface area contributed by atoms with Crippen molar-refractivity contribution in [2.75, 3.05) is 12.0 Å². The zero-order chi connectivity index (χ0) is 19.7. The number of carbonyl (C=O) groups excluding carboxylic acids is 3. The van der Waals surface area contributed by atoms with Gasteiger partial charge < -0.3 is 14.9 Å². The number of amides is 4. The predicted octanol–water partition coefficient (Wildman–Crippen LogP) is 2.54. The minimum atomic E-state index is -0.891. The summed E-state index contributed by atoms with van der Waals surface area (Å²) in [6, 6.07) is 7.43. The third kappa shape index (κ3) is 3.49. The number of halogens is 1. The van der Waals surface area contributed by atoms with Crippen LogP contribution in [-0.4, -0.2) is 35.2 Å². The van der Waals surface area contributed by atoms with Crippen molar-refractivity contribution >= 4 is 45.5 Å². The average Bonchev–Trinajstić information content (AvgIpc) is 2.62. The molecule has 1 heterocycles. The summed E-state index contributed by atoms with van der Waals surface area (Å²) in [6.07, 6.45) is 1.28. The van der Waals surface area contributed by atoms with Crippen molar-refractivity contribution in [2.45, 2.75) is 0 Å². The molecule has 2 aromatic carbocycles. The highest BCUT2D eigenvalue weighted by Gasteiger charge is 2.36. The number of nitrogens with zero attached hydrogens (tertiary/aromatic N) is 1. The van der Waals surface area contributed by atoms with Gasteiger partial charge in [0.15, 0.2) is 11.5 Å². The van der Waals surface area contributed by atoms with Crippen LogP contribution in [0.1, 0.15) is 5.56 Å². The van der Waals surface area contributed by atoms with E-state index in [0.717, 1.165) is 4.90 Å². The van der Waals surface area contributed by atoms with E-state index in [4.69, 9.17) is 4.74 Å². The number of methoxy groups -OCH3 is 1. The molecule has 138 valence electrons. The molecule has 0 aromatic heterocycles. The molecule has 27 heavy (non-hydrogen) atoms. The summed E-state index contributed by atoms with van der Waals surface area (Å²) in [4.78, 5) is 37.9. The number of phenols is 2. The van der Waals surface area contributed by atoms with Crippen molar-refractivity contribution in [3.05, 3.63) is 52.0 Å². The Kier molecular flexibility index (Phi) is 4.87. The number of barbiturate groups is 1. The van der Waals surface area contributed by atoms with Crippen LogP contribution >= 0.6 is 15.9 Å². The maximum Gasteiger partial charge on any atom is 0.335 e. The van der Waals surface area contributed by atoms with Crippen LogP contribution < -0.4 is 15.0 Å². The fraction of sp³-hybridized carbons (Fsp3) is 0.0556. The van der Waals surface area contributed by atoms with Gasteiger partial charge in [-0.05, 0) is 64.0 Å². The number of phenolic OH excluding ortho intramolecular Hbond substituents is 2. The Morgan fingerprint density at radius 1 is 1.11 bits per heavy atom. The first-order valence-corrected chi connectivity index (χ1v) is 8.38. The Bertz CT molecular complexity index is 984. The first-order valence-electron chi connectivity index (χ1n) is 7.59. The number of rotatable bonds is 3. The van der Waals surface area contributed by atoms with Gasteiger partial charge in [-0.2, -0.15) is 0 Å². The monoisotopic (exact) mass is 432 g/mol. The number of benzene rings is 2. The lowest BCUT2D eigenvalue weighted by Gasteiger charge is -2.26. The molecule has 0 unspecified atom stereocenters. The fourth-order valence-electron chi connectivity index (χ4n) is 2.49. The number of ether oxygens (including phenoxy) is 1. The molecule has 0 spiro atoms. The molecular weight excluding hydrogens is 420 g/mol. The molecule has 9 heteroatoms. The van der Waals surface area contributed by atoms with E-state index in [0.29, 0.717) is 10.0 Å². The zero-order valence-corrected chi connectivity index (χ0v) is 15.5. The highest BCUT2D eigenvalue weighted by atomic mass is 79.9. The molecule has 3 N–H and O–H groups in total. The largest absolute Gasteiger partial charge is 0.508 e. The van der Waals surface area contributed by atoms with Crippen molar-refractivity contribution in [1.29, 1.82) is 0 Å². The number of hydrogen-bond donors (Lipinski definition) is 3. The van der Waals surface area contributed by atoms with Crippen LogP contribution in [0.4, 0.5) is 10.5 Å². The molecule has 1 aliphatic heterocycles. The van der Waals surface area contributed by atoms with E-state index in [9.17, 15) is 24.6 Å². The summed E-state index contributed by atoms with van der Waals surface area (Å²) in [7, 11) is 1.36. The molecular formula is C18H13BrN2O6. The Balaban J connectivity index is 2.04. The summed E-state index contributed by atoms with van der Waals surface area (Å²) in [6.45, 7) is 0. The van der Waals surface area contributed by atoms with Crippen LogP contribution in [0.2, 0.25) is 0 Å². The average molecular weight is 433 g/mol. The van der Waals surface area contributed by atoms with Gasteiger partial charge in [0.2, 0.25) is 0 Å². The van der Waals surface area contributed by atoms with Crippen molar-refractivity contribution in [2.24, 2.45) is 0 Å². The summed E-state index contributed by atoms with van der Waals surface area (Å²) < 4.78 is 5.35. The molecule has 1 saturated heterocycles. The Morgan fingerprint density at radius 2 is 1.78 bits per heavy atom. The van der Waals surface area contributed by atoms with Crippen LogP contribution in [-0.2, 0) is 9.59 Å². The van der Waals surface area contributed by atoms with Crippen molar-refractivity contribution < 1.29 is 29.3 Å². The van der Waals surface area contributed by atoms with Gasteiger partial charge in [-0.1, -0.05) is 0 Å². The molecule has 1 aliphatic rings. The van der Waals surface area contributed by atoms with E-state index in [1.165, 1.54) is 49.6 Å². The second-order valence-corrected chi connectivity index (χ2v) is 6.38. The summed E-state index contributed by atoms with van der Waals surface area (Å²) in [5.41, 5.74) is 0.315. The van der Waals surface area contributed by atoms with Gasteiger partial charge >= 0.3 is 6.03 Å². The van der Waals surface area contributed by atoms with Crippen molar-refractivity contribution in [1.82, 2.24) is 5.32 Å². The van der Waals surface area contributed by atoms with Crippen LogP contribution in [0, 0.1) is 0 Å². The van der Waals surface area contributed by atoms with E-state index < -0.39 is 17.8 Å². The number of anilines is 1. The SMILES string of the molecule is COc1cc(/C=C2/C(=O)NC(=O)N(c3ccc(O)cc3)C2=O)cc(Br)c1O. The van der Waals surface area contributed by atoms with Crippen LogP contribution in [0.3, 0.4) is 0 Å². The molecule has 0 atom stereocenters. The standard InChI is InChI=1S/C18H13BrN2O6/c1-27-14-8-9(7-13(19)15(14)23)6-12-16(24)20-18(26)21(17(12)25)10-2-4-11(22)5-3-10/h2-8,22-23H,1H3,(H,20,24,26)/b12-6-. The van der Waals surface area contributed by atoms with E-state index in [-0.39, 0.29) is 28.5 Å². The lowest BCUT2D eigenvalue weighted by molar-refractivity contribution is -0.122. The summed E-state index contributed by atoms with van der Waals surface area (Å²) >= 11 is 3.16. The number of imide groups is 2. The quantitative estimate of drug-likeness (QED) is 0.506. The molecule has 4 amide bonds. The van der Waals surface area contributed by atoms with E-state index in [1.807, 2.05) is 0 Å². The second kappa shape index (κ2) is 7.12. The van der Waals surface area contributed by atoms with E-state index in [1.54, 1.807) is 0 Å². The number of nitrogens with one attached hydrogen (secondary N) is 1. The molecule has 0 saturated carbocycles. The highest BCUT2D eigenvalue weighted by molar-refractivity contribution is 9.10. The molecule has 0 radical (unpaired) electrons. The summed E-state index contributed by atoms with van der Waals surface area (Å²) in [5.74, 6) is -1.68. The first-order chi connectivity index (χ1) is 12.8. The third-order valence-corrected chi connectivity index (χ3v) is 4.40. The minimum Gasteiger partial charge on any atom is -0.508 e.